The number of morpholine rings is 1. The largest absolute Gasteiger partial charge is 0.378 e. The first-order valence-electron chi connectivity index (χ1n) is 7.67. The molecule has 9 heteroatoms. The fraction of sp³-hybridized carbons (Fsp3) is 0.467. The van der Waals surface area contributed by atoms with Crippen LogP contribution >= 0.6 is 11.3 Å². The van der Waals surface area contributed by atoms with Crippen LogP contribution in [0.3, 0.4) is 0 Å². The van der Waals surface area contributed by atoms with E-state index in [1.807, 2.05) is 19.9 Å². The number of hydrogen-bond acceptors (Lipinski definition) is 7. The number of nitrogens with one attached hydrogen (secondary N) is 1. The zero-order valence-corrected chi connectivity index (χ0v) is 15.3. The topological polar surface area (TPSA) is 84.4 Å². The van der Waals surface area contributed by atoms with Crippen molar-refractivity contribution in [3.8, 4) is 0 Å². The van der Waals surface area contributed by atoms with Gasteiger partial charge in [-0.1, -0.05) is 0 Å². The van der Waals surface area contributed by atoms with Crippen molar-refractivity contribution in [2.75, 3.05) is 31.2 Å². The van der Waals surface area contributed by atoms with E-state index in [4.69, 9.17) is 4.74 Å². The van der Waals surface area contributed by atoms with Crippen molar-refractivity contribution < 1.29 is 13.2 Å². The molecule has 0 atom stereocenters. The monoisotopic (exact) mass is 368 g/mol. The minimum absolute atomic E-state index is 0.0678. The molecule has 0 amide bonds. The van der Waals surface area contributed by atoms with Crippen molar-refractivity contribution >= 4 is 27.2 Å². The molecule has 3 heterocycles. The van der Waals surface area contributed by atoms with E-state index in [1.165, 1.54) is 11.3 Å². The molecule has 0 aliphatic carbocycles. The highest BCUT2D eigenvalue weighted by molar-refractivity contribution is 7.91. The van der Waals surface area contributed by atoms with E-state index in [0.29, 0.717) is 23.2 Å². The maximum atomic E-state index is 12.3. The minimum Gasteiger partial charge on any atom is -0.378 e. The molecule has 130 valence electrons. The average molecular weight is 368 g/mol. The van der Waals surface area contributed by atoms with Crippen LogP contribution < -0.4 is 9.62 Å². The van der Waals surface area contributed by atoms with Gasteiger partial charge in [-0.3, -0.25) is 0 Å². The van der Waals surface area contributed by atoms with E-state index in [2.05, 4.69) is 19.6 Å². The number of thiophene rings is 1. The second-order valence-electron chi connectivity index (χ2n) is 5.57. The SMILES string of the molecule is Cc1cc(N2CCOCC2)nc(CNS(=O)(=O)c2ccc(C)s2)n1. The molecule has 0 spiro atoms. The Morgan fingerprint density at radius 1 is 1.25 bits per heavy atom. The minimum atomic E-state index is -3.53. The van der Waals surface area contributed by atoms with Crippen molar-refractivity contribution in [2.24, 2.45) is 0 Å². The van der Waals surface area contributed by atoms with Crippen LogP contribution in [-0.2, 0) is 21.3 Å². The summed E-state index contributed by atoms with van der Waals surface area (Å²) >= 11 is 1.25. The molecule has 2 aromatic heterocycles. The zero-order valence-electron chi connectivity index (χ0n) is 13.7. The molecule has 0 bridgehead atoms. The van der Waals surface area contributed by atoms with Crippen LogP contribution in [0.5, 0.6) is 0 Å². The van der Waals surface area contributed by atoms with Crippen molar-refractivity contribution in [2.45, 2.75) is 24.6 Å². The van der Waals surface area contributed by atoms with Crippen LogP contribution in [0.15, 0.2) is 22.4 Å². The van der Waals surface area contributed by atoms with Crippen LogP contribution in [0.1, 0.15) is 16.4 Å². The van der Waals surface area contributed by atoms with E-state index in [0.717, 1.165) is 29.5 Å². The smallest absolute Gasteiger partial charge is 0.250 e. The number of rotatable bonds is 5. The quantitative estimate of drug-likeness (QED) is 0.860. The lowest BCUT2D eigenvalue weighted by atomic mass is 10.3. The molecular weight excluding hydrogens is 348 g/mol. The Kier molecular flexibility index (Phi) is 5.14. The summed E-state index contributed by atoms with van der Waals surface area (Å²) in [6, 6.07) is 5.31. The lowest BCUT2D eigenvalue weighted by Crippen LogP contribution is -2.37. The van der Waals surface area contributed by atoms with Crippen LogP contribution in [0.25, 0.3) is 0 Å². The van der Waals surface area contributed by atoms with Gasteiger partial charge in [-0.2, -0.15) is 0 Å². The third-order valence-corrected chi connectivity index (χ3v) is 6.52. The van der Waals surface area contributed by atoms with Gasteiger partial charge in [0, 0.05) is 29.7 Å². The summed E-state index contributed by atoms with van der Waals surface area (Å²) in [4.78, 5) is 11.9. The Hall–Kier alpha value is -1.55. The van der Waals surface area contributed by atoms with Crippen molar-refractivity contribution in [3.63, 3.8) is 0 Å². The normalized spacial score (nSPS) is 15.7. The Bertz CT molecular complexity index is 814. The molecule has 2 aromatic rings. The first kappa shape index (κ1) is 17.3. The molecular formula is C15H20N4O3S2. The van der Waals surface area contributed by atoms with E-state index in [9.17, 15) is 8.42 Å². The van der Waals surface area contributed by atoms with E-state index in [1.54, 1.807) is 12.1 Å². The fourth-order valence-corrected chi connectivity index (χ4v) is 4.74. The summed E-state index contributed by atoms with van der Waals surface area (Å²) < 4.78 is 32.8. The average Bonchev–Trinajstić information content (AvgIpc) is 3.01. The van der Waals surface area contributed by atoms with Crippen LogP contribution in [0.2, 0.25) is 0 Å². The molecule has 3 rings (SSSR count). The van der Waals surface area contributed by atoms with E-state index < -0.39 is 10.0 Å². The summed E-state index contributed by atoms with van der Waals surface area (Å²) in [5, 5.41) is 0. The molecule has 7 nitrogen and oxygen atoms in total. The van der Waals surface area contributed by atoms with Crippen molar-refractivity contribution in [1.82, 2.24) is 14.7 Å². The highest BCUT2D eigenvalue weighted by atomic mass is 32.2. The number of hydrogen-bond donors (Lipinski definition) is 1. The highest BCUT2D eigenvalue weighted by Gasteiger charge is 2.18. The summed E-state index contributed by atoms with van der Waals surface area (Å²) in [5.41, 5.74) is 0.813. The third-order valence-electron chi connectivity index (χ3n) is 3.62. The molecule has 1 saturated heterocycles. The van der Waals surface area contributed by atoms with Gasteiger partial charge in [-0.05, 0) is 26.0 Å². The number of sulfonamides is 1. The van der Waals surface area contributed by atoms with Gasteiger partial charge >= 0.3 is 0 Å². The first-order valence-corrected chi connectivity index (χ1v) is 9.97. The second-order valence-corrected chi connectivity index (χ2v) is 8.85. The molecule has 0 unspecified atom stereocenters. The van der Waals surface area contributed by atoms with Crippen LogP contribution in [-0.4, -0.2) is 44.7 Å². The fourth-order valence-electron chi connectivity index (χ4n) is 2.43. The third kappa shape index (κ3) is 4.10. The molecule has 0 radical (unpaired) electrons. The molecule has 1 aliphatic heterocycles. The standard InChI is InChI=1S/C15H20N4O3S2/c1-11-9-14(19-5-7-22-8-6-19)18-13(17-11)10-16-24(20,21)15-4-3-12(2)23-15/h3-4,9,16H,5-8,10H2,1-2H3. The van der Waals surface area contributed by atoms with Crippen molar-refractivity contribution in [3.05, 3.63) is 34.6 Å². The van der Waals surface area contributed by atoms with Crippen LogP contribution in [0.4, 0.5) is 5.82 Å². The molecule has 0 aromatic carbocycles. The van der Waals surface area contributed by atoms with Gasteiger partial charge in [0.2, 0.25) is 10.0 Å². The summed E-state index contributed by atoms with van der Waals surface area (Å²) in [5.74, 6) is 1.28. The van der Waals surface area contributed by atoms with E-state index >= 15 is 0 Å². The molecule has 1 aliphatic rings. The summed E-state index contributed by atoms with van der Waals surface area (Å²) in [7, 11) is -3.53. The number of aromatic nitrogens is 2. The maximum absolute atomic E-state index is 12.3. The number of ether oxygens (including phenoxy) is 1. The molecule has 24 heavy (non-hydrogen) atoms. The summed E-state index contributed by atoms with van der Waals surface area (Å²) in [6.45, 7) is 6.71. The van der Waals surface area contributed by atoms with Gasteiger partial charge in [0.25, 0.3) is 0 Å². The Balaban J connectivity index is 1.74. The van der Waals surface area contributed by atoms with Gasteiger partial charge in [0.15, 0.2) is 0 Å². The second kappa shape index (κ2) is 7.14. The predicted molar refractivity (Wildman–Crippen MR) is 92.9 cm³/mol. The first-order chi connectivity index (χ1) is 11.4. The molecule has 1 N–H and O–H groups in total. The van der Waals surface area contributed by atoms with E-state index in [-0.39, 0.29) is 6.54 Å². The lowest BCUT2D eigenvalue weighted by Gasteiger charge is -2.28. The Morgan fingerprint density at radius 2 is 2.00 bits per heavy atom. The van der Waals surface area contributed by atoms with Gasteiger partial charge in [-0.15, -0.1) is 11.3 Å². The number of anilines is 1. The lowest BCUT2D eigenvalue weighted by molar-refractivity contribution is 0.122. The summed E-state index contributed by atoms with van der Waals surface area (Å²) in [6.07, 6.45) is 0. The number of nitrogens with zero attached hydrogens (tertiary/aromatic N) is 3. The van der Waals surface area contributed by atoms with Crippen LogP contribution in [0, 0.1) is 13.8 Å². The maximum Gasteiger partial charge on any atom is 0.250 e. The van der Waals surface area contributed by atoms with Crippen molar-refractivity contribution in [1.29, 1.82) is 0 Å². The van der Waals surface area contributed by atoms with Gasteiger partial charge in [0.05, 0.1) is 19.8 Å². The van der Waals surface area contributed by atoms with Gasteiger partial charge < -0.3 is 9.64 Å². The molecule has 1 fully saturated rings. The zero-order chi connectivity index (χ0) is 17.2. The number of aryl methyl sites for hydroxylation is 2. The highest BCUT2D eigenvalue weighted by Crippen LogP contribution is 2.20. The predicted octanol–water partition coefficient (Wildman–Crippen LogP) is 1.47. The van der Waals surface area contributed by atoms with Gasteiger partial charge in [-0.25, -0.2) is 23.1 Å². The Labute approximate surface area is 145 Å². The molecule has 0 saturated carbocycles. The van der Waals surface area contributed by atoms with Gasteiger partial charge in [0.1, 0.15) is 15.9 Å². The Morgan fingerprint density at radius 3 is 2.67 bits per heavy atom.